The third kappa shape index (κ3) is 2.59. The molecule has 0 radical (unpaired) electrons. The molecule has 0 fully saturated rings. The van der Waals surface area contributed by atoms with Crippen LogP contribution in [0.25, 0.3) is 0 Å². The maximum Gasteiger partial charge on any atom is 0.248 e. The van der Waals surface area contributed by atoms with Crippen LogP contribution in [0.2, 0.25) is 0 Å². The van der Waals surface area contributed by atoms with E-state index in [1.54, 1.807) is 11.0 Å². The summed E-state index contributed by atoms with van der Waals surface area (Å²) in [7, 11) is 0. The minimum atomic E-state index is -1.54. The zero-order valence-corrected chi connectivity index (χ0v) is 18.5. The van der Waals surface area contributed by atoms with Crippen molar-refractivity contribution in [3.05, 3.63) is 95.0 Å². The van der Waals surface area contributed by atoms with E-state index >= 15 is 0 Å². The number of allylic oxidation sites excluding steroid dienone is 1. The molecule has 2 N–H and O–H groups in total. The number of para-hydroxylation sites is 2. The fourth-order valence-corrected chi connectivity index (χ4v) is 5.53. The number of fused-ring (bicyclic) bond motifs is 3. The van der Waals surface area contributed by atoms with E-state index in [0.717, 1.165) is 11.3 Å². The Hall–Kier alpha value is -4.11. The summed E-state index contributed by atoms with van der Waals surface area (Å²) in [4.78, 5) is 31.2. The average molecular weight is 437 g/mol. The minimum Gasteiger partial charge on any atom is -0.384 e. The zero-order valence-electron chi connectivity index (χ0n) is 18.5. The third-order valence-electron chi connectivity index (χ3n) is 6.85. The Morgan fingerprint density at radius 1 is 1.12 bits per heavy atom. The normalized spacial score (nSPS) is 21.9. The summed E-state index contributed by atoms with van der Waals surface area (Å²) in [6.07, 6.45) is 3.23. The fraction of sp³-hybridized carbons (Fsp3) is 0.222. The molecule has 6 nitrogen and oxygen atoms in total. The summed E-state index contributed by atoms with van der Waals surface area (Å²) in [5.74, 6) is -0.238. The lowest BCUT2D eigenvalue weighted by molar-refractivity contribution is -0.124. The molecule has 0 saturated heterocycles. The van der Waals surface area contributed by atoms with Crippen molar-refractivity contribution in [3.63, 3.8) is 0 Å². The Bertz CT molecular complexity index is 1330. The number of rotatable bonds is 3. The van der Waals surface area contributed by atoms with E-state index in [-0.39, 0.29) is 29.6 Å². The van der Waals surface area contributed by atoms with Crippen molar-refractivity contribution in [1.82, 2.24) is 0 Å². The van der Waals surface area contributed by atoms with E-state index in [0.29, 0.717) is 41.8 Å². The predicted molar refractivity (Wildman–Crippen MR) is 127 cm³/mol. The van der Waals surface area contributed by atoms with Crippen LogP contribution in [0.5, 0.6) is 0 Å². The molecule has 1 spiro atoms. The molecule has 1 aliphatic carbocycles. The highest BCUT2D eigenvalue weighted by Gasteiger charge is 2.62. The van der Waals surface area contributed by atoms with Gasteiger partial charge in [-0.2, -0.15) is 5.26 Å². The van der Waals surface area contributed by atoms with Crippen LogP contribution in [0.3, 0.4) is 0 Å². The van der Waals surface area contributed by atoms with Crippen molar-refractivity contribution < 1.29 is 9.59 Å². The number of aryl methyl sites for hydroxylation is 1. The first-order chi connectivity index (χ1) is 16.0. The van der Waals surface area contributed by atoms with Crippen molar-refractivity contribution in [2.24, 2.45) is 5.73 Å². The van der Waals surface area contributed by atoms with Gasteiger partial charge in [-0.25, -0.2) is 0 Å². The van der Waals surface area contributed by atoms with E-state index in [9.17, 15) is 14.9 Å². The van der Waals surface area contributed by atoms with Crippen molar-refractivity contribution >= 4 is 23.1 Å². The Kier molecular flexibility index (Phi) is 4.71. The lowest BCUT2D eigenvalue weighted by Crippen LogP contribution is -2.52. The largest absolute Gasteiger partial charge is 0.384 e. The molecular formula is C27H24N4O2. The lowest BCUT2D eigenvalue weighted by atomic mass is 9.63. The van der Waals surface area contributed by atoms with Gasteiger partial charge in [0.1, 0.15) is 17.3 Å². The number of carbonyl (C=O) groups is 2. The standard InChI is InChI=1S/C27H24N4O2/c1-3-15-30-21-12-7-5-10-18(21)27(26(30)33)19(16-28)25(29)31(20-11-6-4-9-17(20)2)22-13-8-14-23(32)24(22)27/h3-7,9-12H,1,8,13-15,29H2,2H3/t27-/m0/s1. The van der Waals surface area contributed by atoms with Crippen LogP contribution >= 0.6 is 0 Å². The van der Waals surface area contributed by atoms with Crippen LogP contribution in [0.1, 0.15) is 30.4 Å². The third-order valence-corrected chi connectivity index (χ3v) is 6.85. The van der Waals surface area contributed by atoms with Crippen LogP contribution in [0.4, 0.5) is 11.4 Å². The van der Waals surface area contributed by atoms with Crippen molar-refractivity contribution in [2.45, 2.75) is 31.6 Å². The zero-order chi connectivity index (χ0) is 23.3. The van der Waals surface area contributed by atoms with Gasteiger partial charge in [-0.15, -0.1) is 6.58 Å². The van der Waals surface area contributed by atoms with Gasteiger partial charge in [0.15, 0.2) is 5.78 Å². The van der Waals surface area contributed by atoms with E-state index in [4.69, 9.17) is 5.73 Å². The summed E-state index contributed by atoms with van der Waals surface area (Å²) in [6, 6.07) is 17.3. The highest BCUT2D eigenvalue weighted by Crippen LogP contribution is 2.56. The van der Waals surface area contributed by atoms with Gasteiger partial charge in [0.05, 0.1) is 11.3 Å². The summed E-state index contributed by atoms with van der Waals surface area (Å²) in [6.45, 7) is 6.03. The SMILES string of the molecule is C=CCN1C(=O)[C@]2(C(C#N)=C(N)N(c3ccccc3C)C3=C2C(=O)CCC3)c2ccccc21. The highest BCUT2D eigenvalue weighted by atomic mass is 16.2. The maximum atomic E-state index is 14.2. The van der Waals surface area contributed by atoms with Crippen LogP contribution in [-0.2, 0) is 15.0 Å². The van der Waals surface area contributed by atoms with Gasteiger partial charge >= 0.3 is 0 Å². The molecule has 0 bridgehead atoms. The number of carbonyl (C=O) groups excluding carboxylic acids is 2. The second-order valence-corrected chi connectivity index (χ2v) is 8.56. The Balaban J connectivity index is 1.90. The summed E-state index contributed by atoms with van der Waals surface area (Å²) < 4.78 is 0. The first kappa shape index (κ1) is 20.8. The van der Waals surface area contributed by atoms with Gasteiger partial charge in [-0.1, -0.05) is 42.5 Å². The molecule has 2 aromatic rings. The second-order valence-electron chi connectivity index (χ2n) is 8.56. The maximum absolute atomic E-state index is 14.2. The lowest BCUT2D eigenvalue weighted by Gasteiger charge is -2.44. The predicted octanol–water partition coefficient (Wildman–Crippen LogP) is 3.99. The Morgan fingerprint density at radius 2 is 1.82 bits per heavy atom. The highest BCUT2D eigenvalue weighted by molar-refractivity contribution is 6.20. The molecule has 6 heteroatoms. The van der Waals surface area contributed by atoms with Crippen molar-refractivity contribution in [3.8, 4) is 6.07 Å². The number of Topliss-reactive ketones (excluding diaryl/α,β-unsaturated/α-hetero) is 1. The van der Waals surface area contributed by atoms with E-state index in [1.807, 2.05) is 60.4 Å². The Morgan fingerprint density at radius 3 is 2.52 bits per heavy atom. The van der Waals surface area contributed by atoms with E-state index < -0.39 is 5.41 Å². The van der Waals surface area contributed by atoms with Gasteiger partial charge in [0.2, 0.25) is 5.91 Å². The van der Waals surface area contributed by atoms with E-state index in [1.165, 1.54) is 0 Å². The number of nitrogens with zero attached hydrogens (tertiary/aromatic N) is 3. The number of amides is 1. The number of hydrogen-bond donors (Lipinski definition) is 1. The molecule has 0 saturated carbocycles. The van der Waals surface area contributed by atoms with Gasteiger partial charge < -0.3 is 10.6 Å². The monoisotopic (exact) mass is 436 g/mol. The minimum absolute atomic E-state index is 0.101. The topological polar surface area (TPSA) is 90.4 Å². The summed E-state index contributed by atoms with van der Waals surface area (Å²) in [5.41, 5.74) is 9.46. The molecule has 164 valence electrons. The Labute approximate surface area is 192 Å². The van der Waals surface area contributed by atoms with Gasteiger partial charge in [-0.05, 0) is 37.5 Å². The van der Waals surface area contributed by atoms with Crippen molar-refractivity contribution in [2.75, 3.05) is 16.3 Å². The van der Waals surface area contributed by atoms with Crippen molar-refractivity contribution in [1.29, 1.82) is 5.26 Å². The number of anilines is 2. The van der Waals surface area contributed by atoms with E-state index in [2.05, 4.69) is 12.6 Å². The van der Waals surface area contributed by atoms with Crippen LogP contribution < -0.4 is 15.5 Å². The first-order valence-corrected chi connectivity index (χ1v) is 11.0. The number of benzene rings is 2. The number of hydrogen-bond acceptors (Lipinski definition) is 5. The molecule has 33 heavy (non-hydrogen) atoms. The molecule has 2 heterocycles. The quantitative estimate of drug-likeness (QED) is 0.735. The number of nitriles is 1. The molecule has 0 unspecified atom stereocenters. The van der Waals surface area contributed by atoms with Gasteiger partial charge in [0.25, 0.3) is 0 Å². The molecular weight excluding hydrogens is 412 g/mol. The van der Waals surface area contributed by atoms with Crippen LogP contribution in [0, 0.1) is 18.3 Å². The number of ketones is 1. The van der Waals surface area contributed by atoms with Crippen LogP contribution in [-0.4, -0.2) is 18.2 Å². The molecule has 5 rings (SSSR count). The summed E-state index contributed by atoms with van der Waals surface area (Å²) in [5, 5.41) is 10.4. The average Bonchev–Trinajstić information content (AvgIpc) is 3.05. The second kappa shape index (κ2) is 7.49. The molecule has 0 aromatic heterocycles. The molecule has 2 aliphatic heterocycles. The molecule has 1 amide bonds. The fourth-order valence-electron chi connectivity index (χ4n) is 5.53. The molecule has 1 atom stereocenters. The molecule has 2 aromatic carbocycles. The summed E-state index contributed by atoms with van der Waals surface area (Å²) >= 11 is 0. The number of nitrogens with two attached hydrogens (primary N) is 1. The van der Waals surface area contributed by atoms with Crippen LogP contribution in [0.15, 0.2) is 83.9 Å². The smallest absolute Gasteiger partial charge is 0.248 e. The molecule has 3 aliphatic rings. The van der Waals surface area contributed by atoms with Gasteiger partial charge in [0, 0.05) is 35.5 Å². The van der Waals surface area contributed by atoms with Gasteiger partial charge in [-0.3, -0.25) is 14.5 Å². The first-order valence-electron chi connectivity index (χ1n) is 11.0.